The molecule has 2 aromatic rings. The Morgan fingerprint density at radius 1 is 1.29 bits per heavy atom. The zero-order valence-corrected chi connectivity index (χ0v) is 11.2. The smallest absolute Gasteiger partial charge is 0.188 e. The standard InChI is InChI=1S/C12H13ClN2OS/c1-8(2)16-10-5-3-9(4-6-10)14-12-15-11(13)7-17-12/h3-8H,1-2H3,(H,14,15). The summed E-state index contributed by atoms with van der Waals surface area (Å²) >= 11 is 7.22. The Bertz CT molecular complexity index is 482. The Kier molecular flexibility index (Phi) is 3.86. The van der Waals surface area contributed by atoms with E-state index in [2.05, 4.69) is 10.3 Å². The second-order valence-corrected chi connectivity index (χ2v) is 5.04. The zero-order valence-electron chi connectivity index (χ0n) is 9.61. The lowest BCUT2D eigenvalue weighted by Gasteiger charge is -2.10. The Morgan fingerprint density at radius 3 is 2.53 bits per heavy atom. The van der Waals surface area contributed by atoms with Gasteiger partial charge in [-0.1, -0.05) is 11.6 Å². The monoisotopic (exact) mass is 268 g/mol. The van der Waals surface area contributed by atoms with Crippen molar-refractivity contribution in [1.29, 1.82) is 0 Å². The van der Waals surface area contributed by atoms with Crippen molar-refractivity contribution in [3.05, 3.63) is 34.8 Å². The van der Waals surface area contributed by atoms with E-state index in [9.17, 15) is 0 Å². The molecule has 1 heterocycles. The summed E-state index contributed by atoms with van der Waals surface area (Å²) in [6, 6.07) is 7.76. The molecule has 0 saturated heterocycles. The minimum absolute atomic E-state index is 0.187. The van der Waals surface area contributed by atoms with Crippen LogP contribution in [0.2, 0.25) is 5.15 Å². The molecule has 1 aromatic carbocycles. The van der Waals surface area contributed by atoms with Crippen molar-refractivity contribution in [3.63, 3.8) is 0 Å². The lowest BCUT2D eigenvalue weighted by molar-refractivity contribution is 0.242. The molecule has 1 aromatic heterocycles. The first-order chi connectivity index (χ1) is 8.13. The molecule has 17 heavy (non-hydrogen) atoms. The fraction of sp³-hybridized carbons (Fsp3) is 0.250. The normalized spacial score (nSPS) is 10.6. The highest BCUT2D eigenvalue weighted by atomic mass is 35.5. The van der Waals surface area contributed by atoms with Crippen LogP contribution in [0.3, 0.4) is 0 Å². The van der Waals surface area contributed by atoms with Crippen LogP contribution in [0.4, 0.5) is 10.8 Å². The van der Waals surface area contributed by atoms with E-state index in [1.807, 2.05) is 38.1 Å². The van der Waals surface area contributed by atoms with Gasteiger partial charge in [-0.25, -0.2) is 4.98 Å². The second-order valence-electron chi connectivity index (χ2n) is 3.79. The summed E-state index contributed by atoms with van der Waals surface area (Å²) in [5.74, 6) is 0.864. The number of nitrogens with zero attached hydrogens (tertiary/aromatic N) is 1. The van der Waals surface area contributed by atoms with Gasteiger partial charge in [0.2, 0.25) is 0 Å². The summed E-state index contributed by atoms with van der Waals surface area (Å²) in [7, 11) is 0. The van der Waals surface area contributed by atoms with Crippen LogP contribution < -0.4 is 10.1 Å². The van der Waals surface area contributed by atoms with Crippen molar-refractivity contribution in [1.82, 2.24) is 4.98 Å². The van der Waals surface area contributed by atoms with Gasteiger partial charge in [0, 0.05) is 11.1 Å². The third kappa shape index (κ3) is 3.61. The van der Waals surface area contributed by atoms with Crippen LogP contribution in [-0.2, 0) is 0 Å². The Balaban J connectivity index is 2.03. The van der Waals surface area contributed by atoms with E-state index >= 15 is 0 Å². The number of rotatable bonds is 4. The van der Waals surface area contributed by atoms with Crippen LogP contribution in [0, 0.1) is 0 Å². The first-order valence-electron chi connectivity index (χ1n) is 5.28. The highest BCUT2D eigenvalue weighted by molar-refractivity contribution is 7.14. The largest absolute Gasteiger partial charge is 0.491 e. The molecule has 2 rings (SSSR count). The van der Waals surface area contributed by atoms with Crippen LogP contribution >= 0.6 is 22.9 Å². The van der Waals surface area contributed by atoms with Crippen LogP contribution in [0.25, 0.3) is 0 Å². The number of halogens is 1. The molecule has 0 bridgehead atoms. The Morgan fingerprint density at radius 2 is 2.00 bits per heavy atom. The molecule has 0 aliphatic carbocycles. The number of hydrogen-bond donors (Lipinski definition) is 1. The predicted octanol–water partition coefficient (Wildman–Crippen LogP) is 4.33. The number of aromatic nitrogens is 1. The fourth-order valence-corrected chi connectivity index (χ4v) is 2.18. The van der Waals surface area contributed by atoms with Gasteiger partial charge in [0.1, 0.15) is 10.9 Å². The molecule has 90 valence electrons. The predicted molar refractivity (Wildman–Crippen MR) is 72.6 cm³/mol. The molecule has 0 saturated carbocycles. The van der Waals surface area contributed by atoms with E-state index in [-0.39, 0.29) is 6.10 Å². The number of anilines is 2. The molecule has 0 radical (unpaired) electrons. The van der Waals surface area contributed by atoms with Gasteiger partial charge in [-0.05, 0) is 38.1 Å². The molecule has 1 N–H and O–H groups in total. The van der Waals surface area contributed by atoms with Gasteiger partial charge in [0.05, 0.1) is 6.10 Å². The van der Waals surface area contributed by atoms with Crippen LogP contribution in [0.15, 0.2) is 29.6 Å². The van der Waals surface area contributed by atoms with E-state index in [0.717, 1.165) is 16.6 Å². The quantitative estimate of drug-likeness (QED) is 0.896. The van der Waals surface area contributed by atoms with E-state index in [0.29, 0.717) is 5.15 Å². The summed E-state index contributed by atoms with van der Waals surface area (Å²) in [5.41, 5.74) is 0.965. The van der Waals surface area contributed by atoms with Crippen molar-refractivity contribution in [2.75, 3.05) is 5.32 Å². The zero-order chi connectivity index (χ0) is 12.3. The fourth-order valence-electron chi connectivity index (χ4n) is 1.32. The summed E-state index contributed by atoms with van der Waals surface area (Å²) in [4.78, 5) is 4.12. The van der Waals surface area contributed by atoms with Crippen molar-refractivity contribution in [2.24, 2.45) is 0 Å². The Hall–Kier alpha value is -1.26. The SMILES string of the molecule is CC(C)Oc1ccc(Nc2nc(Cl)cs2)cc1. The summed E-state index contributed by atoms with van der Waals surface area (Å²) in [6.45, 7) is 4.01. The van der Waals surface area contributed by atoms with Crippen LogP contribution in [0.1, 0.15) is 13.8 Å². The molecule has 0 amide bonds. The van der Waals surface area contributed by atoms with E-state index in [4.69, 9.17) is 16.3 Å². The van der Waals surface area contributed by atoms with Gasteiger partial charge in [-0.15, -0.1) is 11.3 Å². The number of ether oxygens (including phenoxy) is 1. The topological polar surface area (TPSA) is 34.1 Å². The van der Waals surface area contributed by atoms with Crippen LogP contribution in [-0.4, -0.2) is 11.1 Å². The number of thiazole rings is 1. The maximum atomic E-state index is 5.75. The average molecular weight is 269 g/mol. The van der Waals surface area contributed by atoms with Gasteiger partial charge >= 0.3 is 0 Å². The minimum atomic E-state index is 0.187. The van der Waals surface area contributed by atoms with Gasteiger partial charge in [-0.2, -0.15) is 0 Å². The van der Waals surface area contributed by atoms with Gasteiger partial charge in [0.25, 0.3) is 0 Å². The van der Waals surface area contributed by atoms with E-state index in [1.165, 1.54) is 11.3 Å². The Labute approximate surface area is 109 Å². The summed E-state index contributed by atoms with van der Waals surface area (Å²) < 4.78 is 5.56. The molecular weight excluding hydrogens is 256 g/mol. The summed E-state index contributed by atoms with van der Waals surface area (Å²) in [5, 5.41) is 6.26. The highest BCUT2D eigenvalue weighted by Crippen LogP contribution is 2.24. The maximum Gasteiger partial charge on any atom is 0.188 e. The molecule has 3 nitrogen and oxygen atoms in total. The molecule has 5 heteroatoms. The van der Waals surface area contributed by atoms with E-state index in [1.54, 1.807) is 5.38 Å². The first kappa shape index (κ1) is 12.2. The van der Waals surface area contributed by atoms with Crippen molar-refractivity contribution >= 4 is 33.8 Å². The lowest BCUT2D eigenvalue weighted by Crippen LogP contribution is -2.05. The minimum Gasteiger partial charge on any atom is -0.491 e. The molecule has 0 atom stereocenters. The van der Waals surface area contributed by atoms with Gasteiger partial charge in [0.15, 0.2) is 5.13 Å². The highest BCUT2D eigenvalue weighted by Gasteiger charge is 2.01. The number of benzene rings is 1. The molecule has 0 fully saturated rings. The first-order valence-corrected chi connectivity index (χ1v) is 6.54. The molecule has 0 aliphatic rings. The average Bonchev–Trinajstić information content (AvgIpc) is 2.66. The molecule has 0 aliphatic heterocycles. The number of nitrogens with one attached hydrogen (secondary N) is 1. The maximum absolute atomic E-state index is 5.75. The molecular formula is C12H13ClN2OS. The van der Waals surface area contributed by atoms with Crippen molar-refractivity contribution in [2.45, 2.75) is 20.0 Å². The van der Waals surface area contributed by atoms with Crippen molar-refractivity contribution < 1.29 is 4.74 Å². The van der Waals surface area contributed by atoms with E-state index < -0.39 is 0 Å². The molecule has 0 unspecified atom stereocenters. The number of hydrogen-bond acceptors (Lipinski definition) is 4. The summed E-state index contributed by atoms with van der Waals surface area (Å²) in [6.07, 6.45) is 0.187. The van der Waals surface area contributed by atoms with Crippen molar-refractivity contribution in [3.8, 4) is 5.75 Å². The van der Waals surface area contributed by atoms with Crippen LogP contribution in [0.5, 0.6) is 5.75 Å². The second kappa shape index (κ2) is 5.38. The lowest BCUT2D eigenvalue weighted by atomic mass is 10.3. The third-order valence-corrected chi connectivity index (χ3v) is 3.03. The third-order valence-electron chi connectivity index (χ3n) is 1.95. The van der Waals surface area contributed by atoms with Gasteiger partial charge < -0.3 is 10.1 Å². The molecule has 0 spiro atoms. The van der Waals surface area contributed by atoms with Gasteiger partial charge in [-0.3, -0.25) is 0 Å².